The number of nitrogens with one attached hydrogen (secondary N) is 7. The minimum Gasteiger partial charge on any atom is -0.394 e. The summed E-state index contributed by atoms with van der Waals surface area (Å²) in [5, 5.41) is 110. The predicted molar refractivity (Wildman–Crippen MR) is 288 cm³/mol. The zero-order valence-electron chi connectivity index (χ0n) is 48.0. The second-order valence-corrected chi connectivity index (χ2v) is 20.1. The highest BCUT2D eigenvalue weighted by Gasteiger charge is 2.48. The highest BCUT2D eigenvalue weighted by atomic mass is 16.7. The zero-order valence-corrected chi connectivity index (χ0v) is 48.0. The normalized spacial score (nSPS) is 28.0. The van der Waals surface area contributed by atoms with Crippen LogP contribution in [0.3, 0.4) is 0 Å². The average Bonchev–Trinajstić information content (AvgIpc) is 2.88. The summed E-state index contributed by atoms with van der Waals surface area (Å²) < 4.78 is 50.6. The maximum Gasteiger partial charge on any atom is 0.237 e. The van der Waals surface area contributed by atoms with Crippen molar-refractivity contribution in [3.05, 3.63) is 35.4 Å². The highest BCUT2D eigenvalue weighted by Crippen LogP contribution is 2.25. The van der Waals surface area contributed by atoms with Crippen LogP contribution < -0.4 is 37.2 Å². The fraction of sp³-hybridized carbons (Fsp3) is 0.750. The lowest BCUT2D eigenvalue weighted by Crippen LogP contribution is -2.64. The van der Waals surface area contributed by atoms with E-state index in [1.807, 2.05) is 0 Å². The fourth-order valence-electron chi connectivity index (χ4n) is 9.09. The maximum absolute atomic E-state index is 14.3. The van der Waals surface area contributed by atoms with Gasteiger partial charge in [-0.1, -0.05) is 24.3 Å². The number of aliphatic hydroxyl groups excluding tert-OH is 9. The van der Waals surface area contributed by atoms with Crippen LogP contribution in [0.25, 0.3) is 0 Å². The molecule has 16 N–H and O–H groups in total. The topological polar surface area (TPSA) is 472 Å². The van der Waals surface area contributed by atoms with E-state index >= 15 is 0 Å². The third-order valence-electron chi connectivity index (χ3n) is 13.4. The molecule has 33 heteroatoms. The lowest BCUT2D eigenvalue weighted by atomic mass is 9.97. The van der Waals surface area contributed by atoms with Gasteiger partial charge in [-0.3, -0.25) is 38.5 Å². The summed E-state index contributed by atoms with van der Waals surface area (Å²) >= 11 is 0. The van der Waals surface area contributed by atoms with Crippen molar-refractivity contribution in [2.24, 2.45) is 0 Å². The van der Waals surface area contributed by atoms with Crippen molar-refractivity contribution < 1.29 is 122 Å². The van der Waals surface area contributed by atoms with Crippen molar-refractivity contribution in [1.82, 2.24) is 42.1 Å². The van der Waals surface area contributed by atoms with E-state index in [1.54, 1.807) is 24.3 Å². The van der Waals surface area contributed by atoms with Gasteiger partial charge < -0.3 is 126 Å². The van der Waals surface area contributed by atoms with Gasteiger partial charge in [0.05, 0.1) is 98.4 Å². The van der Waals surface area contributed by atoms with Gasteiger partial charge in [0.1, 0.15) is 73.1 Å². The molecule has 3 aliphatic heterocycles. The molecule has 3 heterocycles. The molecule has 3 aliphatic rings. The van der Waals surface area contributed by atoms with Gasteiger partial charge in [0.15, 0.2) is 18.9 Å². The van der Waals surface area contributed by atoms with Gasteiger partial charge in [-0.2, -0.15) is 0 Å². The molecule has 1 aromatic rings. The molecule has 0 radical (unpaired) electrons. The van der Waals surface area contributed by atoms with E-state index in [9.17, 15) is 79.5 Å². The third kappa shape index (κ3) is 24.4. The molecule has 16 atom stereocenters. The number of benzene rings is 1. The van der Waals surface area contributed by atoms with E-state index in [0.717, 1.165) is 5.56 Å². The standard InChI is InChI=1S/C52H86N8O25/c1-28(64)56-22-33-7-5-32(6-8-33)21-34(49(76)55-11-14-79-17-20-82-52-42(59-31(4)67)48(75)45(72)37(27-63)85-52)60(23-38(68)53-9-12-77-15-18-80-50-40(57-29(2)65)46(73)43(70)35(25-61)83-50)24-39(69)54-10-13-78-16-19-81-51-41(58-30(3)66)47(74)44(71)36(26-62)84-51/h5-8,34-37,40-48,50-52,61-63,70-75H,9-27H2,1-4H3,(H,53,68)(H,54,69)(H,55,76)(H,56,64)(H,57,65)(H,58,66)(H,59,67). The second kappa shape index (κ2) is 38.1. The quantitative estimate of drug-likeness (QED) is 0.0275. The van der Waals surface area contributed by atoms with Gasteiger partial charge in [0.25, 0.3) is 0 Å². The number of aliphatic hydroxyl groups is 9. The first kappa shape index (κ1) is 72.2. The Hall–Kier alpha value is -5.25. The van der Waals surface area contributed by atoms with E-state index in [0.29, 0.717) is 5.56 Å². The maximum atomic E-state index is 14.3. The number of rotatable bonds is 37. The van der Waals surface area contributed by atoms with Crippen molar-refractivity contribution in [2.75, 3.05) is 112 Å². The SMILES string of the molecule is CC(=O)NCc1ccc(CC(C(=O)NCCOCCOC2OC(CO)C(O)C(O)C2NC(C)=O)N(CC(=O)NCCOCCOC2OC(CO)C(O)C(O)C2NC(C)=O)CC(=O)NCCOCCOC2OC(CO)C(O)C(O)C2NC(C)=O)cc1. The van der Waals surface area contributed by atoms with E-state index in [4.69, 9.17) is 42.6 Å². The monoisotopic (exact) mass is 1220 g/mol. The third-order valence-corrected chi connectivity index (χ3v) is 13.4. The Kier molecular flexibility index (Phi) is 32.4. The molecule has 4 rings (SSSR count). The van der Waals surface area contributed by atoms with E-state index in [1.165, 1.54) is 32.6 Å². The van der Waals surface area contributed by atoms with Crippen LogP contribution in [0.2, 0.25) is 0 Å². The number of ether oxygens (including phenoxy) is 9. The fourth-order valence-corrected chi connectivity index (χ4v) is 9.09. The molecule has 7 amide bonds. The molecule has 0 saturated carbocycles. The molecule has 33 nitrogen and oxygen atoms in total. The Bertz CT molecular complexity index is 2130. The van der Waals surface area contributed by atoms with Gasteiger partial charge in [0, 0.05) is 53.9 Å². The summed E-state index contributed by atoms with van der Waals surface area (Å²) in [6.45, 7) is 1.21. The number of hydrogen-bond acceptors (Lipinski definition) is 26. The van der Waals surface area contributed by atoms with Crippen molar-refractivity contribution >= 4 is 41.4 Å². The van der Waals surface area contributed by atoms with Crippen LogP contribution in [-0.2, 0) is 89.2 Å². The van der Waals surface area contributed by atoms with E-state index < -0.39 is 166 Å². The molecule has 1 aromatic carbocycles. The first-order chi connectivity index (χ1) is 40.6. The number of amides is 7. The second-order valence-electron chi connectivity index (χ2n) is 20.1. The molecule has 0 aliphatic carbocycles. The number of carbonyl (C=O) groups excluding carboxylic acids is 7. The first-order valence-electron chi connectivity index (χ1n) is 27.7. The predicted octanol–water partition coefficient (Wildman–Crippen LogP) is -9.18. The number of hydrogen-bond donors (Lipinski definition) is 16. The van der Waals surface area contributed by atoms with E-state index in [2.05, 4.69) is 37.2 Å². The van der Waals surface area contributed by atoms with Crippen molar-refractivity contribution in [3.8, 4) is 0 Å². The van der Waals surface area contributed by atoms with Crippen LogP contribution in [0.4, 0.5) is 0 Å². The molecule has 3 saturated heterocycles. The van der Waals surface area contributed by atoms with Crippen molar-refractivity contribution in [1.29, 1.82) is 0 Å². The van der Waals surface area contributed by atoms with Gasteiger partial charge in [-0.25, -0.2) is 0 Å². The number of carbonyl (C=O) groups is 7. The zero-order chi connectivity index (χ0) is 62.6. The van der Waals surface area contributed by atoms with Crippen LogP contribution in [0.15, 0.2) is 24.3 Å². The molecule has 0 bridgehead atoms. The summed E-state index contributed by atoms with van der Waals surface area (Å²) in [6, 6.07) is 2.22. The van der Waals surface area contributed by atoms with Crippen LogP contribution in [0.1, 0.15) is 38.8 Å². The van der Waals surface area contributed by atoms with Gasteiger partial charge in [0.2, 0.25) is 41.4 Å². The summed E-state index contributed by atoms with van der Waals surface area (Å²) in [5.41, 5.74) is 1.36. The van der Waals surface area contributed by atoms with Gasteiger partial charge in [-0.05, 0) is 17.5 Å². The molecule has 0 spiro atoms. The van der Waals surface area contributed by atoms with Crippen LogP contribution >= 0.6 is 0 Å². The molecule has 0 aromatic heterocycles. The molecule has 16 unspecified atom stereocenters. The Morgan fingerprint density at radius 2 is 0.800 bits per heavy atom. The lowest BCUT2D eigenvalue weighted by molar-refractivity contribution is -0.272. The summed E-state index contributed by atoms with van der Waals surface area (Å²) in [6.07, 6.45) is -16.5. The van der Waals surface area contributed by atoms with Gasteiger partial charge in [-0.15, -0.1) is 0 Å². The lowest BCUT2D eigenvalue weighted by Gasteiger charge is -2.42. The van der Waals surface area contributed by atoms with Crippen LogP contribution in [0, 0.1) is 0 Å². The summed E-state index contributed by atoms with van der Waals surface area (Å²) in [7, 11) is 0. The summed E-state index contributed by atoms with van der Waals surface area (Å²) in [4.78, 5) is 90.1. The van der Waals surface area contributed by atoms with Gasteiger partial charge >= 0.3 is 0 Å². The van der Waals surface area contributed by atoms with Crippen LogP contribution in [0.5, 0.6) is 0 Å². The Balaban J connectivity index is 1.41. The summed E-state index contributed by atoms with van der Waals surface area (Å²) in [5.74, 6) is -3.72. The Morgan fingerprint density at radius 3 is 1.13 bits per heavy atom. The largest absolute Gasteiger partial charge is 0.394 e. The van der Waals surface area contributed by atoms with Crippen LogP contribution in [-0.4, -0.2) is 302 Å². The smallest absolute Gasteiger partial charge is 0.237 e. The van der Waals surface area contributed by atoms with E-state index in [-0.39, 0.29) is 98.0 Å². The minimum absolute atomic E-state index is 0.0367. The first-order valence-corrected chi connectivity index (χ1v) is 27.7. The van der Waals surface area contributed by atoms with Crippen molar-refractivity contribution in [3.63, 3.8) is 0 Å². The molecular weight excluding hydrogens is 1140 g/mol. The minimum atomic E-state index is -1.53. The molecular formula is C52H86N8O25. The highest BCUT2D eigenvalue weighted by molar-refractivity contribution is 5.86. The Labute approximate surface area is 490 Å². The molecule has 3 fully saturated rings. The average molecular weight is 1220 g/mol. The Morgan fingerprint density at radius 1 is 0.459 bits per heavy atom. The number of nitrogens with zero attached hydrogens (tertiary/aromatic N) is 1. The molecule has 484 valence electrons. The van der Waals surface area contributed by atoms with Crippen molar-refractivity contribution in [2.45, 2.75) is 139 Å². The molecule has 85 heavy (non-hydrogen) atoms.